The molecule has 0 unspecified atom stereocenters. The minimum atomic E-state index is -0.229. The van der Waals surface area contributed by atoms with Crippen LogP contribution in [0, 0.1) is 0 Å². The molecule has 5 nitrogen and oxygen atoms in total. The maximum Gasteiger partial charge on any atom is 0.262 e. The fourth-order valence-corrected chi connectivity index (χ4v) is 2.33. The Morgan fingerprint density at radius 3 is 2.86 bits per heavy atom. The van der Waals surface area contributed by atoms with Crippen LogP contribution in [0.2, 0.25) is 0 Å². The van der Waals surface area contributed by atoms with Gasteiger partial charge in [0.2, 0.25) is 0 Å². The highest BCUT2D eigenvalue weighted by Gasteiger charge is 2.05. The first kappa shape index (κ1) is 13.6. The summed E-state index contributed by atoms with van der Waals surface area (Å²) in [5.41, 5.74) is 0.618. The van der Waals surface area contributed by atoms with Gasteiger partial charge in [-0.1, -0.05) is 28.1 Å². The Bertz CT molecular complexity index is 772. The molecule has 0 saturated carbocycles. The summed E-state index contributed by atoms with van der Waals surface area (Å²) in [6.45, 7) is -0.0484. The number of hydrogen-bond donors (Lipinski definition) is 2. The van der Waals surface area contributed by atoms with Crippen molar-refractivity contribution in [1.29, 1.82) is 0 Å². The van der Waals surface area contributed by atoms with E-state index >= 15 is 0 Å². The van der Waals surface area contributed by atoms with E-state index in [9.17, 15) is 4.79 Å². The van der Waals surface area contributed by atoms with Gasteiger partial charge in [0.1, 0.15) is 5.75 Å². The average Bonchev–Trinajstić information content (AvgIpc) is 2.98. The molecule has 0 radical (unpaired) electrons. The summed E-state index contributed by atoms with van der Waals surface area (Å²) in [6, 6.07) is 11.7. The molecule has 0 aliphatic rings. The van der Waals surface area contributed by atoms with Crippen LogP contribution in [-0.2, 0) is 4.79 Å². The van der Waals surface area contributed by atoms with E-state index in [1.807, 2.05) is 36.4 Å². The van der Waals surface area contributed by atoms with Crippen LogP contribution in [0.15, 0.2) is 53.3 Å². The van der Waals surface area contributed by atoms with Gasteiger partial charge >= 0.3 is 0 Å². The number of carbonyl (C=O) groups is 1. The quantitative estimate of drug-likeness (QED) is 0.761. The highest BCUT2D eigenvalue weighted by molar-refractivity contribution is 9.10. The molecule has 1 heterocycles. The minimum absolute atomic E-state index is 0.0484. The van der Waals surface area contributed by atoms with E-state index in [4.69, 9.17) is 4.74 Å². The van der Waals surface area contributed by atoms with E-state index in [1.54, 1.807) is 6.20 Å². The van der Waals surface area contributed by atoms with Gasteiger partial charge in [-0.05, 0) is 35.0 Å². The van der Waals surface area contributed by atoms with Gasteiger partial charge in [-0.3, -0.25) is 9.89 Å². The lowest BCUT2D eigenvalue weighted by Gasteiger charge is -2.07. The number of aromatic amines is 1. The Hall–Kier alpha value is -2.34. The van der Waals surface area contributed by atoms with Gasteiger partial charge in [-0.2, -0.15) is 5.10 Å². The summed E-state index contributed by atoms with van der Waals surface area (Å²) in [7, 11) is 0. The summed E-state index contributed by atoms with van der Waals surface area (Å²) in [6.07, 6.45) is 3.14. The fraction of sp³-hybridized carbons (Fsp3) is 0.0667. The van der Waals surface area contributed by atoms with Gasteiger partial charge in [0.05, 0.1) is 11.9 Å². The Balaban J connectivity index is 1.65. The van der Waals surface area contributed by atoms with E-state index in [0.717, 1.165) is 15.2 Å². The number of rotatable bonds is 4. The number of amides is 1. The zero-order chi connectivity index (χ0) is 14.7. The molecule has 0 aliphatic carbocycles. The zero-order valence-electron chi connectivity index (χ0n) is 11.0. The smallest absolute Gasteiger partial charge is 0.262 e. The van der Waals surface area contributed by atoms with E-state index in [2.05, 4.69) is 31.4 Å². The topological polar surface area (TPSA) is 67.0 Å². The van der Waals surface area contributed by atoms with Crippen molar-refractivity contribution in [3.05, 3.63) is 53.3 Å². The number of hydrogen-bond acceptors (Lipinski definition) is 3. The third-order valence-corrected chi connectivity index (χ3v) is 3.42. The number of carbonyl (C=O) groups excluding carboxylic acids is 1. The molecular weight excluding hydrogens is 334 g/mol. The summed E-state index contributed by atoms with van der Waals surface area (Å²) < 4.78 is 6.53. The second-order valence-electron chi connectivity index (χ2n) is 4.48. The van der Waals surface area contributed by atoms with Crippen LogP contribution in [0.5, 0.6) is 5.75 Å². The highest BCUT2D eigenvalue weighted by Crippen LogP contribution is 2.24. The lowest BCUT2D eigenvalue weighted by Crippen LogP contribution is -2.19. The molecular formula is C15H12BrN3O2. The molecule has 0 atom stereocenters. The first-order valence-electron chi connectivity index (χ1n) is 6.31. The monoisotopic (exact) mass is 345 g/mol. The fourth-order valence-electron chi connectivity index (χ4n) is 1.95. The maximum absolute atomic E-state index is 11.7. The Kier molecular flexibility index (Phi) is 3.87. The molecule has 2 aromatic carbocycles. The van der Waals surface area contributed by atoms with Crippen LogP contribution >= 0.6 is 15.9 Å². The molecule has 6 heteroatoms. The van der Waals surface area contributed by atoms with E-state index in [1.165, 1.54) is 6.20 Å². The summed E-state index contributed by atoms with van der Waals surface area (Å²) in [4.78, 5) is 11.7. The van der Waals surface area contributed by atoms with Crippen LogP contribution in [0.25, 0.3) is 10.8 Å². The van der Waals surface area contributed by atoms with Crippen LogP contribution < -0.4 is 10.1 Å². The molecule has 21 heavy (non-hydrogen) atoms. The standard InChI is InChI=1S/C15H12BrN3O2/c16-12-3-1-11-6-14(4-2-10(11)5-12)21-9-15(20)19-13-7-17-18-8-13/h1-8H,9H2,(H,17,18)(H,19,20). The van der Waals surface area contributed by atoms with Crippen molar-refractivity contribution in [2.24, 2.45) is 0 Å². The van der Waals surface area contributed by atoms with Gasteiger partial charge in [-0.25, -0.2) is 0 Å². The maximum atomic E-state index is 11.7. The van der Waals surface area contributed by atoms with Crippen molar-refractivity contribution in [3.8, 4) is 5.75 Å². The number of ether oxygens (including phenoxy) is 1. The number of nitrogens with zero attached hydrogens (tertiary/aromatic N) is 1. The third-order valence-electron chi connectivity index (χ3n) is 2.93. The molecule has 0 fully saturated rings. The molecule has 0 aliphatic heterocycles. The number of nitrogens with one attached hydrogen (secondary N) is 2. The third kappa shape index (κ3) is 3.41. The van der Waals surface area contributed by atoms with Gasteiger partial charge in [0.25, 0.3) is 5.91 Å². The summed E-state index contributed by atoms with van der Waals surface area (Å²) in [5.74, 6) is 0.430. The largest absolute Gasteiger partial charge is 0.484 e. The molecule has 0 bridgehead atoms. The normalized spacial score (nSPS) is 10.5. The van der Waals surface area contributed by atoms with Crippen molar-refractivity contribution in [2.45, 2.75) is 0 Å². The lowest BCUT2D eigenvalue weighted by atomic mass is 10.1. The van der Waals surface area contributed by atoms with Crippen molar-refractivity contribution in [1.82, 2.24) is 10.2 Å². The second-order valence-corrected chi connectivity index (χ2v) is 5.39. The number of anilines is 1. The van der Waals surface area contributed by atoms with Crippen molar-refractivity contribution >= 4 is 38.3 Å². The Morgan fingerprint density at radius 1 is 1.24 bits per heavy atom. The number of halogens is 1. The van der Waals surface area contributed by atoms with E-state index in [0.29, 0.717) is 11.4 Å². The van der Waals surface area contributed by atoms with Crippen LogP contribution in [0.1, 0.15) is 0 Å². The predicted molar refractivity (Wildman–Crippen MR) is 84.4 cm³/mol. The summed E-state index contributed by atoms with van der Waals surface area (Å²) in [5, 5.41) is 11.2. The number of H-pyrrole nitrogens is 1. The van der Waals surface area contributed by atoms with Gasteiger partial charge < -0.3 is 10.1 Å². The molecule has 0 spiro atoms. The molecule has 3 rings (SSSR count). The number of fused-ring (bicyclic) bond motifs is 1. The average molecular weight is 346 g/mol. The van der Waals surface area contributed by atoms with Crippen LogP contribution in [0.4, 0.5) is 5.69 Å². The number of aromatic nitrogens is 2. The molecule has 2 N–H and O–H groups in total. The number of benzene rings is 2. The van der Waals surface area contributed by atoms with Crippen molar-refractivity contribution in [3.63, 3.8) is 0 Å². The van der Waals surface area contributed by atoms with Crippen LogP contribution in [0.3, 0.4) is 0 Å². The Labute approximate surface area is 129 Å². The zero-order valence-corrected chi connectivity index (χ0v) is 12.6. The molecule has 1 amide bonds. The molecule has 106 valence electrons. The first-order valence-corrected chi connectivity index (χ1v) is 7.11. The highest BCUT2D eigenvalue weighted by atomic mass is 79.9. The SMILES string of the molecule is O=C(COc1ccc2cc(Br)ccc2c1)Nc1cn[nH]c1. The lowest BCUT2D eigenvalue weighted by molar-refractivity contribution is -0.118. The minimum Gasteiger partial charge on any atom is -0.484 e. The van der Waals surface area contributed by atoms with E-state index < -0.39 is 0 Å². The molecule has 3 aromatic rings. The van der Waals surface area contributed by atoms with Gasteiger partial charge in [0, 0.05) is 10.7 Å². The van der Waals surface area contributed by atoms with Gasteiger partial charge in [0.15, 0.2) is 6.61 Å². The second kappa shape index (κ2) is 5.97. The molecule has 0 saturated heterocycles. The van der Waals surface area contributed by atoms with Crippen molar-refractivity contribution < 1.29 is 9.53 Å². The van der Waals surface area contributed by atoms with Crippen LogP contribution in [-0.4, -0.2) is 22.7 Å². The Morgan fingerprint density at radius 2 is 2.05 bits per heavy atom. The van der Waals surface area contributed by atoms with Gasteiger partial charge in [-0.15, -0.1) is 0 Å². The predicted octanol–water partition coefficient (Wildman–Crippen LogP) is 3.34. The molecule has 1 aromatic heterocycles. The van der Waals surface area contributed by atoms with E-state index in [-0.39, 0.29) is 12.5 Å². The van der Waals surface area contributed by atoms with Crippen molar-refractivity contribution in [2.75, 3.05) is 11.9 Å². The first-order chi connectivity index (χ1) is 10.2. The summed E-state index contributed by atoms with van der Waals surface area (Å²) >= 11 is 3.44.